The molecule has 112 valence electrons. The number of aliphatic carboxylic acids is 1. The fourth-order valence-electron chi connectivity index (χ4n) is 2.67. The number of carboxylic acids is 1. The molecule has 0 spiro atoms. The number of amides is 1. The van der Waals surface area contributed by atoms with Gasteiger partial charge in [0.05, 0.1) is 0 Å². The van der Waals surface area contributed by atoms with Crippen LogP contribution >= 0.6 is 23.2 Å². The molecule has 0 heterocycles. The average molecular weight is 350 g/mol. The molecule has 0 bridgehead atoms. The van der Waals surface area contributed by atoms with E-state index in [1.807, 2.05) is 6.07 Å². The van der Waals surface area contributed by atoms with Gasteiger partial charge in [-0.1, -0.05) is 29.3 Å². The van der Waals surface area contributed by atoms with Crippen LogP contribution in [-0.2, 0) is 9.59 Å². The van der Waals surface area contributed by atoms with Crippen LogP contribution in [0, 0.1) is 5.41 Å². The average Bonchev–Trinajstić information content (AvgIpc) is 3.27. The molecule has 2 aliphatic carbocycles. The van der Waals surface area contributed by atoms with Gasteiger partial charge in [0.15, 0.2) is 0 Å². The number of hydrogen-bond acceptors (Lipinski definition) is 3. The van der Waals surface area contributed by atoms with E-state index >= 15 is 0 Å². The van der Waals surface area contributed by atoms with Crippen molar-refractivity contribution in [2.75, 3.05) is 0 Å². The van der Waals surface area contributed by atoms with Crippen LogP contribution in [0.5, 0.6) is 0 Å². The molecule has 1 N–H and O–H groups in total. The first-order chi connectivity index (χ1) is 9.91. The molecule has 0 aromatic heterocycles. The van der Waals surface area contributed by atoms with Gasteiger partial charge in [-0.3, -0.25) is 4.79 Å². The van der Waals surface area contributed by atoms with Gasteiger partial charge in [-0.2, -0.15) is 0 Å². The number of carbonyl (C=O) groups excluding carboxylic acids is 2. The maximum absolute atomic E-state index is 11.9. The van der Waals surface area contributed by atoms with E-state index in [4.69, 9.17) is 23.2 Å². The van der Waals surface area contributed by atoms with Crippen molar-refractivity contribution in [3.63, 3.8) is 0 Å². The SMILES string of the molecule is O=C(CC1(C(=O)[O-])CC1)N[C@@H]1C[C@H]1c1ccc(Cl)cc1Cl.[Na+]. The molecule has 0 aliphatic heterocycles. The van der Waals surface area contributed by atoms with Gasteiger partial charge >= 0.3 is 29.6 Å². The first-order valence-electron chi connectivity index (χ1n) is 6.87. The fourth-order valence-corrected chi connectivity index (χ4v) is 3.22. The Balaban J connectivity index is 0.00000176. The van der Waals surface area contributed by atoms with E-state index in [1.165, 1.54) is 0 Å². The molecule has 2 saturated carbocycles. The Morgan fingerprint density at radius 2 is 2.00 bits per heavy atom. The Labute approximate surface area is 160 Å². The van der Waals surface area contributed by atoms with Gasteiger partial charge in [0.25, 0.3) is 0 Å². The molecular weight excluding hydrogens is 336 g/mol. The van der Waals surface area contributed by atoms with Gasteiger partial charge < -0.3 is 15.2 Å². The summed E-state index contributed by atoms with van der Waals surface area (Å²) in [4.78, 5) is 22.9. The molecule has 0 unspecified atom stereocenters. The standard InChI is InChI=1S/C15H15Cl2NO3.Na/c16-8-1-2-9(11(17)5-8)10-6-12(10)18-13(19)7-15(3-4-15)14(20)21;/h1-2,5,10,12H,3-4,6-7H2,(H,18,19)(H,20,21);/q;+1/p-1/t10-,12+;/m0./s1. The van der Waals surface area contributed by atoms with Crippen molar-refractivity contribution in [1.82, 2.24) is 5.32 Å². The Hall–Kier alpha value is -0.260. The Morgan fingerprint density at radius 1 is 1.32 bits per heavy atom. The molecule has 0 radical (unpaired) electrons. The van der Waals surface area contributed by atoms with Crippen molar-refractivity contribution in [2.45, 2.75) is 37.6 Å². The number of hydrogen-bond donors (Lipinski definition) is 1. The molecule has 2 fully saturated rings. The van der Waals surface area contributed by atoms with Gasteiger partial charge in [0, 0.05) is 39.8 Å². The molecule has 1 amide bonds. The zero-order valence-electron chi connectivity index (χ0n) is 12.2. The largest absolute Gasteiger partial charge is 1.00 e. The summed E-state index contributed by atoms with van der Waals surface area (Å²) in [6.07, 6.45) is 1.87. The first kappa shape index (κ1) is 18.1. The summed E-state index contributed by atoms with van der Waals surface area (Å²) in [7, 11) is 0. The van der Waals surface area contributed by atoms with Gasteiger partial charge in [-0.25, -0.2) is 0 Å². The predicted octanol–water partition coefficient (Wildman–Crippen LogP) is -1.11. The molecule has 4 nitrogen and oxygen atoms in total. The second kappa shape index (κ2) is 6.70. The minimum Gasteiger partial charge on any atom is -0.550 e. The van der Waals surface area contributed by atoms with Crippen LogP contribution in [0.2, 0.25) is 10.0 Å². The van der Waals surface area contributed by atoms with E-state index < -0.39 is 11.4 Å². The molecule has 1 aromatic carbocycles. The molecule has 2 aliphatic rings. The van der Waals surface area contributed by atoms with Crippen LogP contribution in [0.4, 0.5) is 0 Å². The van der Waals surface area contributed by atoms with Crippen molar-refractivity contribution in [3.05, 3.63) is 33.8 Å². The van der Waals surface area contributed by atoms with Crippen LogP contribution in [0.25, 0.3) is 0 Å². The Kier molecular flexibility index (Phi) is 5.50. The molecular formula is C15H14Cl2NNaO3. The summed E-state index contributed by atoms with van der Waals surface area (Å²) in [5.74, 6) is -1.17. The maximum atomic E-state index is 11.9. The van der Waals surface area contributed by atoms with E-state index in [1.54, 1.807) is 12.1 Å². The Bertz CT molecular complexity index is 619. The number of benzene rings is 1. The molecule has 7 heteroatoms. The summed E-state index contributed by atoms with van der Waals surface area (Å²) in [6.45, 7) is 0. The van der Waals surface area contributed by atoms with Crippen molar-refractivity contribution in [3.8, 4) is 0 Å². The van der Waals surface area contributed by atoms with Gasteiger partial charge in [0.1, 0.15) is 0 Å². The van der Waals surface area contributed by atoms with Crippen LogP contribution in [-0.4, -0.2) is 17.9 Å². The third-order valence-electron chi connectivity index (χ3n) is 4.28. The summed E-state index contributed by atoms with van der Waals surface area (Å²) in [5, 5.41) is 15.0. The van der Waals surface area contributed by atoms with Crippen molar-refractivity contribution in [2.24, 2.45) is 5.41 Å². The normalized spacial score (nSPS) is 24.1. The number of carbonyl (C=O) groups is 2. The molecule has 2 atom stereocenters. The van der Waals surface area contributed by atoms with E-state index in [2.05, 4.69) is 5.32 Å². The third-order valence-corrected chi connectivity index (χ3v) is 4.85. The molecule has 22 heavy (non-hydrogen) atoms. The third kappa shape index (κ3) is 3.80. The minimum absolute atomic E-state index is 0. The summed E-state index contributed by atoms with van der Waals surface area (Å²) in [6, 6.07) is 5.35. The molecule has 3 rings (SSSR count). The number of rotatable bonds is 5. The summed E-state index contributed by atoms with van der Waals surface area (Å²) >= 11 is 12.0. The maximum Gasteiger partial charge on any atom is 1.00 e. The van der Waals surface area contributed by atoms with Crippen molar-refractivity contribution >= 4 is 35.1 Å². The monoisotopic (exact) mass is 349 g/mol. The van der Waals surface area contributed by atoms with Crippen molar-refractivity contribution < 1.29 is 44.3 Å². The minimum atomic E-state index is -1.12. The van der Waals surface area contributed by atoms with Crippen LogP contribution in [0.3, 0.4) is 0 Å². The quantitative estimate of drug-likeness (QED) is 0.685. The summed E-state index contributed by atoms with van der Waals surface area (Å²) < 4.78 is 0. The smallest absolute Gasteiger partial charge is 0.550 e. The molecule has 1 aromatic rings. The van der Waals surface area contributed by atoms with E-state index in [0.29, 0.717) is 22.9 Å². The number of nitrogens with one attached hydrogen (secondary N) is 1. The number of carboxylic acid groups (broad SMARTS) is 1. The second-order valence-electron chi connectivity index (χ2n) is 5.93. The predicted molar refractivity (Wildman–Crippen MR) is 77.0 cm³/mol. The van der Waals surface area contributed by atoms with Gasteiger partial charge in [-0.05, 0) is 37.0 Å². The van der Waals surface area contributed by atoms with E-state index in [9.17, 15) is 14.7 Å². The van der Waals surface area contributed by atoms with Crippen LogP contribution < -0.4 is 40.0 Å². The summed E-state index contributed by atoms with van der Waals surface area (Å²) in [5.41, 5.74) is 0.0410. The zero-order chi connectivity index (χ0) is 15.2. The topological polar surface area (TPSA) is 69.2 Å². The Morgan fingerprint density at radius 3 is 2.55 bits per heavy atom. The van der Waals surface area contributed by atoms with Gasteiger partial charge in [0.2, 0.25) is 5.91 Å². The van der Waals surface area contributed by atoms with Crippen LogP contribution in [0.1, 0.15) is 37.2 Å². The first-order valence-corrected chi connectivity index (χ1v) is 7.63. The van der Waals surface area contributed by atoms with Crippen molar-refractivity contribution in [1.29, 1.82) is 0 Å². The van der Waals surface area contributed by atoms with E-state index in [0.717, 1.165) is 12.0 Å². The van der Waals surface area contributed by atoms with Gasteiger partial charge in [-0.15, -0.1) is 0 Å². The van der Waals surface area contributed by atoms with E-state index in [-0.39, 0.29) is 53.8 Å². The second-order valence-corrected chi connectivity index (χ2v) is 6.77. The number of halogens is 2. The molecule has 0 saturated heterocycles. The fraction of sp³-hybridized carbons (Fsp3) is 0.467. The zero-order valence-corrected chi connectivity index (χ0v) is 15.7. The van der Waals surface area contributed by atoms with Crippen LogP contribution in [0.15, 0.2) is 18.2 Å².